The fraction of sp³-hybridized carbons (Fsp3) is 0.222. The molecule has 1 atom stereocenters. The summed E-state index contributed by atoms with van der Waals surface area (Å²) in [4.78, 5) is 37.4. The zero-order chi connectivity index (χ0) is 25.2. The van der Waals surface area contributed by atoms with Crippen LogP contribution in [0.2, 0.25) is 0 Å². The first kappa shape index (κ1) is 25.4. The number of nitrogens with zero attached hydrogens (tertiary/aromatic N) is 1. The molecule has 2 N–H and O–H groups in total. The highest BCUT2D eigenvalue weighted by Crippen LogP contribution is 2.14. The van der Waals surface area contributed by atoms with Crippen molar-refractivity contribution < 1.29 is 28.6 Å². The number of anilines is 1. The number of halogens is 1. The van der Waals surface area contributed by atoms with Crippen LogP contribution in [-0.4, -0.2) is 41.1 Å². The van der Waals surface area contributed by atoms with E-state index in [2.05, 4.69) is 5.32 Å². The first-order valence-electron chi connectivity index (χ1n) is 11.1. The summed E-state index contributed by atoms with van der Waals surface area (Å²) < 4.78 is 18.3. The van der Waals surface area contributed by atoms with Crippen molar-refractivity contribution in [3.63, 3.8) is 0 Å². The van der Waals surface area contributed by atoms with Crippen LogP contribution in [0.3, 0.4) is 0 Å². The maximum absolute atomic E-state index is 13.0. The summed E-state index contributed by atoms with van der Waals surface area (Å²) in [5, 5.41) is 12.3. The van der Waals surface area contributed by atoms with E-state index in [1.54, 1.807) is 36.4 Å². The minimum absolute atomic E-state index is 0.0436. The monoisotopic (exact) mass is 478 g/mol. The molecule has 2 amide bonds. The standard InChI is InChI=1S/C27H27FN2O5/c1-30(24(26(32)33)16-11-19-5-3-2-4-6-19)27(34)35-18-21-9-14-23(15-10-21)29-25(31)17-20-7-12-22(28)13-8-20/h2-10,12-15,24H,11,16-18H2,1H3,(H,29,31)(H,32,33)/t24-/m0/s1. The molecule has 0 bridgehead atoms. The van der Waals surface area contributed by atoms with Gasteiger partial charge in [-0.2, -0.15) is 0 Å². The fourth-order valence-electron chi connectivity index (χ4n) is 3.48. The lowest BCUT2D eigenvalue weighted by atomic mass is 10.0. The normalized spacial score (nSPS) is 11.4. The highest BCUT2D eigenvalue weighted by molar-refractivity contribution is 5.92. The van der Waals surface area contributed by atoms with Crippen LogP contribution in [0.5, 0.6) is 0 Å². The van der Waals surface area contributed by atoms with Gasteiger partial charge in [0.15, 0.2) is 0 Å². The van der Waals surface area contributed by atoms with Gasteiger partial charge in [0, 0.05) is 12.7 Å². The molecule has 0 fully saturated rings. The Balaban J connectivity index is 1.48. The molecule has 35 heavy (non-hydrogen) atoms. The molecule has 0 radical (unpaired) electrons. The highest BCUT2D eigenvalue weighted by atomic mass is 19.1. The minimum atomic E-state index is -1.10. The Morgan fingerprint density at radius 2 is 1.54 bits per heavy atom. The Hall–Kier alpha value is -4.20. The van der Waals surface area contributed by atoms with E-state index in [0.717, 1.165) is 10.5 Å². The molecule has 3 rings (SSSR count). The Kier molecular flexibility index (Phi) is 8.95. The third kappa shape index (κ3) is 7.96. The van der Waals surface area contributed by atoms with E-state index in [9.17, 15) is 23.9 Å². The SMILES string of the molecule is CN(C(=O)OCc1ccc(NC(=O)Cc2ccc(F)cc2)cc1)[C@@H](CCc1ccccc1)C(=O)O. The quantitative estimate of drug-likeness (QED) is 0.442. The molecule has 0 aromatic heterocycles. The zero-order valence-electron chi connectivity index (χ0n) is 19.3. The van der Waals surface area contributed by atoms with Crippen LogP contribution in [0.1, 0.15) is 23.1 Å². The lowest BCUT2D eigenvalue weighted by molar-refractivity contribution is -0.142. The molecule has 0 heterocycles. The molecule has 0 saturated heterocycles. The maximum atomic E-state index is 13.0. The number of aliphatic carboxylic acids is 1. The fourth-order valence-corrected chi connectivity index (χ4v) is 3.48. The number of amides is 2. The van der Waals surface area contributed by atoms with Gasteiger partial charge in [0.2, 0.25) is 5.91 Å². The number of aryl methyl sites for hydroxylation is 1. The van der Waals surface area contributed by atoms with Crippen molar-refractivity contribution in [2.75, 3.05) is 12.4 Å². The molecular weight excluding hydrogens is 451 g/mol. The molecule has 0 aliphatic heterocycles. The molecule has 7 nitrogen and oxygen atoms in total. The molecular formula is C27H27FN2O5. The number of nitrogens with one attached hydrogen (secondary N) is 1. The second-order valence-electron chi connectivity index (χ2n) is 8.09. The summed E-state index contributed by atoms with van der Waals surface area (Å²) in [6.07, 6.45) is 0.157. The van der Waals surface area contributed by atoms with Crippen molar-refractivity contribution >= 4 is 23.7 Å². The lowest BCUT2D eigenvalue weighted by Gasteiger charge is -2.24. The number of carbonyl (C=O) groups excluding carboxylic acids is 2. The van der Waals surface area contributed by atoms with Crippen molar-refractivity contribution in [1.82, 2.24) is 4.90 Å². The second-order valence-corrected chi connectivity index (χ2v) is 8.09. The number of hydrogen-bond acceptors (Lipinski definition) is 4. The van der Waals surface area contributed by atoms with Crippen LogP contribution >= 0.6 is 0 Å². The van der Waals surface area contributed by atoms with Gasteiger partial charge in [0.25, 0.3) is 0 Å². The van der Waals surface area contributed by atoms with Gasteiger partial charge >= 0.3 is 12.1 Å². The second kappa shape index (κ2) is 12.3. The number of ether oxygens (including phenoxy) is 1. The van der Waals surface area contributed by atoms with Gasteiger partial charge < -0.3 is 15.2 Å². The van der Waals surface area contributed by atoms with Crippen LogP contribution in [0, 0.1) is 5.82 Å². The van der Waals surface area contributed by atoms with Crippen molar-refractivity contribution in [3.8, 4) is 0 Å². The number of carbonyl (C=O) groups is 3. The van der Waals surface area contributed by atoms with Crippen molar-refractivity contribution in [2.45, 2.75) is 31.9 Å². The first-order chi connectivity index (χ1) is 16.8. The third-order valence-electron chi connectivity index (χ3n) is 5.47. The summed E-state index contributed by atoms with van der Waals surface area (Å²) in [6, 6.07) is 20.9. The van der Waals surface area contributed by atoms with E-state index in [0.29, 0.717) is 23.2 Å². The number of hydrogen-bond donors (Lipinski definition) is 2. The number of carboxylic acids is 1. The Bertz CT molecular complexity index is 1130. The predicted octanol–water partition coefficient (Wildman–Crippen LogP) is 4.66. The van der Waals surface area contributed by atoms with Gasteiger partial charge in [-0.05, 0) is 53.8 Å². The van der Waals surface area contributed by atoms with Crippen molar-refractivity contribution in [3.05, 3.63) is 101 Å². The number of likely N-dealkylation sites (N-methyl/N-ethyl adjacent to an activating group) is 1. The third-order valence-corrected chi connectivity index (χ3v) is 5.47. The molecule has 0 unspecified atom stereocenters. The summed E-state index contributed by atoms with van der Waals surface area (Å²) in [5.74, 6) is -1.70. The van der Waals surface area contributed by atoms with E-state index >= 15 is 0 Å². The Morgan fingerprint density at radius 1 is 0.914 bits per heavy atom. The van der Waals surface area contributed by atoms with E-state index < -0.39 is 18.1 Å². The van der Waals surface area contributed by atoms with E-state index in [1.165, 1.54) is 19.2 Å². The van der Waals surface area contributed by atoms with Crippen LogP contribution in [-0.2, 0) is 33.8 Å². The average molecular weight is 479 g/mol. The molecule has 3 aromatic rings. The molecule has 0 spiro atoms. The minimum Gasteiger partial charge on any atom is -0.480 e. The van der Waals surface area contributed by atoms with Gasteiger partial charge in [0.1, 0.15) is 18.5 Å². The smallest absolute Gasteiger partial charge is 0.410 e. The average Bonchev–Trinajstić information content (AvgIpc) is 2.85. The lowest BCUT2D eigenvalue weighted by Crippen LogP contribution is -2.42. The molecule has 8 heteroatoms. The van der Waals surface area contributed by atoms with E-state index in [4.69, 9.17) is 4.74 Å². The summed E-state index contributed by atoms with van der Waals surface area (Å²) in [5.41, 5.74) is 2.93. The number of carboxylic acid groups (broad SMARTS) is 1. The highest BCUT2D eigenvalue weighted by Gasteiger charge is 2.27. The van der Waals surface area contributed by atoms with Crippen LogP contribution < -0.4 is 5.32 Å². The van der Waals surface area contributed by atoms with Crippen LogP contribution in [0.4, 0.5) is 14.9 Å². The van der Waals surface area contributed by atoms with Gasteiger partial charge in [-0.1, -0.05) is 54.6 Å². The van der Waals surface area contributed by atoms with E-state index in [1.807, 2.05) is 30.3 Å². The molecule has 0 aliphatic rings. The van der Waals surface area contributed by atoms with Crippen LogP contribution in [0.15, 0.2) is 78.9 Å². The summed E-state index contributed by atoms with van der Waals surface area (Å²) in [7, 11) is 1.41. The number of benzene rings is 3. The maximum Gasteiger partial charge on any atom is 0.410 e. The summed E-state index contributed by atoms with van der Waals surface area (Å²) in [6.45, 7) is -0.0436. The topological polar surface area (TPSA) is 95.9 Å². The van der Waals surface area contributed by atoms with Gasteiger partial charge in [-0.3, -0.25) is 9.69 Å². The number of rotatable bonds is 10. The van der Waals surface area contributed by atoms with Gasteiger partial charge in [-0.25, -0.2) is 14.0 Å². The zero-order valence-corrected chi connectivity index (χ0v) is 19.3. The first-order valence-corrected chi connectivity index (χ1v) is 11.1. The van der Waals surface area contributed by atoms with Crippen LogP contribution in [0.25, 0.3) is 0 Å². The molecule has 182 valence electrons. The summed E-state index contributed by atoms with van der Waals surface area (Å²) >= 11 is 0. The predicted molar refractivity (Wildman–Crippen MR) is 129 cm³/mol. The Labute approximate surface area is 203 Å². The van der Waals surface area contributed by atoms with E-state index in [-0.39, 0.29) is 31.2 Å². The van der Waals surface area contributed by atoms with Crippen molar-refractivity contribution in [2.24, 2.45) is 0 Å². The molecule has 0 saturated carbocycles. The Morgan fingerprint density at radius 3 is 2.17 bits per heavy atom. The van der Waals surface area contributed by atoms with Gasteiger partial charge in [0.05, 0.1) is 6.42 Å². The molecule has 3 aromatic carbocycles. The largest absolute Gasteiger partial charge is 0.480 e. The van der Waals surface area contributed by atoms with Crippen molar-refractivity contribution in [1.29, 1.82) is 0 Å². The molecule has 0 aliphatic carbocycles. The van der Waals surface area contributed by atoms with Gasteiger partial charge in [-0.15, -0.1) is 0 Å².